The average Bonchev–Trinajstić information content (AvgIpc) is 2.41. The number of carbonyl (C=O) groups is 2. The Hall–Kier alpha value is -2.04. The number of para-hydroxylation sites is 1. The highest BCUT2D eigenvalue weighted by atomic mass is 16.5. The van der Waals surface area contributed by atoms with Gasteiger partial charge in [0.15, 0.2) is 0 Å². The minimum absolute atomic E-state index is 0.101. The summed E-state index contributed by atoms with van der Waals surface area (Å²) in [5.74, 6) is -1.36. The topological polar surface area (TPSA) is 75.6 Å². The molecule has 5 nitrogen and oxygen atoms in total. The van der Waals surface area contributed by atoms with Gasteiger partial charge in [-0.2, -0.15) is 0 Å². The van der Waals surface area contributed by atoms with Crippen molar-refractivity contribution < 1.29 is 19.4 Å². The van der Waals surface area contributed by atoms with Crippen LogP contribution >= 0.6 is 0 Å². The van der Waals surface area contributed by atoms with E-state index in [9.17, 15) is 14.7 Å². The molecule has 0 aromatic heterocycles. The maximum absolute atomic E-state index is 12.1. The van der Waals surface area contributed by atoms with Crippen molar-refractivity contribution in [2.45, 2.75) is 27.2 Å². The second kappa shape index (κ2) is 7.11. The molecule has 2 N–H and O–H groups in total. The molecule has 0 aliphatic heterocycles. The van der Waals surface area contributed by atoms with Crippen LogP contribution in [0.4, 0.5) is 0 Å². The number of nitrogens with one attached hydrogen (secondary N) is 1. The normalized spacial score (nSPS) is 12.6. The summed E-state index contributed by atoms with van der Waals surface area (Å²) < 4.78 is 5.12. The smallest absolute Gasteiger partial charge is 0.308 e. The molecule has 0 saturated heterocycles. The lowest BCUT2D eigenvalue weighted by Gasteiger charge is -2.23. The second-order valence-electron chi connectivity index (χ2n) is 6.21. The van der Waals surface area contributed by atoms with Crippen molar-refractivity contribution in [3.8, 4) is 5.75 Å². The highest BCUT2D eigenvalue weighted by molar-refractivity contribution is 5.97. The fraction of sp³-hybridized carbons (Fsp3) is 0.500. The Morgan fingerprint density at radius 3 is 2.43 bits per heavy atom. The number of rotatable bonds is 6. The fourth-order valence-electron chi connectivity index (χ4n) is 2.13. The monoisotopic (exact) mass is 293 g/mol. The first kappa shape index (κ1) is 17.0. The van der Waals surface area contributed by atoms with Crippen molar-refractivity contribution in [1.29, 1.82) is 0 Å². The Morgan fingerprint density at radius 1 is 1.29 bits per heavy atom. The molecule has 0 fully saturated rings. The minimum Gasteiger partial charge on any atom is -0.496 e. The quantitative estimate of drug-likeness (QED) is 0.845. The van der Waals surface area contributed by atoms with Crippen molar-refractivity contribution >= 4 is 11.9 Å². The molecule has 0 heterocycles. The van der Waals surface area contributed by atoms with Crippen LogP contribution in [0.5, 0.6) is 5.75 Å². The summed E-state index contributed by atoms with van der Waals surface area (Å²) in [6.07, 6.45) is 0.495. The molecule has 0 bridgehead atoms. The maximum atomic E-state index is 12.1. The van der Waals surface area contributed by atoms with Gasteiger partial charge >= 0.3 is 5.97 Å². The highest BCUT2D eigenvalue weighted by Gasteiger charge is 2.25. The van der Waals surface area contributed by atoms with Gasteiger partial charge in [-0.05, 0) is 24.0 Å². The summed E-state index contributed by atoms with van der Waals surface area (Å²) in [5.41, 5.74) is 0.290. The van der Waals surface area contributed by atoms with Crippen molar-refractivity contribution in [2.75, 3.05) is 13.7 Å². The molecule has 1 atom stereocenters. The first-order valence-electron chi connectivity index (χ1n) is 6.88. The molecule has 1 unspecified atom stereocenters. The summed E-state index contributed by atoms with van der Waals surface area (Å²) in [6.45, 7) is 6.03. The van der Waals surface area contributed by atoms with Gasteiger partial charge in [0.1, 0.15) is 5.75 Å². The number of carboxylic acid groups (broad SMARTS) is 1. The van der Waals surface area contributed by atoms with Crippen LogP contribution in [0, 0.1) is 11.3 Å². The highest BCUT2D eigenvalue weighted by Crippen LogP contribution is 2.24. The third-order valence-electron chi connectivity index (χ3n) is 3.07. The molecule has 1 aromatic rings. The molecule has 21 heavy (non-hydrogen) atoms. The Balaban J connectivity index is 2.72. The van der Waals surface area contributed by atoms with Crippen molar-refractivity contribution in [2.24, 2.45) is 11.3 Å². The van der Waals surface area contributed by atoms with Gasteiger partial charge in [0.2, 0.25) is 0 Å². The van der Waals surface area contributed by atoms with Gasteiger partial charge in [-0.3, -0.25) is 9.59 Å². The van der Waals surface area contributed by atoms with E-state index in [4.69, 9.17) is 4.74 Å². The lowest BCUT2D eigenvalue weighted by atomic mass is 9.84. The summed E-state index contributed by atoms with van der Waals surface area (Å²) in [6, 6.07) is 6.85. The van der Waals surface area contributed by atoms with Crippen LogP contribution in [-0.4, -0.2) is 30.6 Å². The Labute approximate surface area is 125 Å². The zero-order valence-electron chi connectivity index (χ0n) is 13.0. The number of amides is 1. The zero-order valence-corrected chi connectivity index (χ0v) is 13.0. The van der Waals surface area contributed by atoms with Gasteiger partial charge in [-0.1, -0.05) is 32.9 Å². The van der Waals surface area contributed by atoms with E-state index in [0.29, 0.717) is 17.7 Å². The molecule has 0 aliphatic rings. The second-order valence-corrected chi connectivity index (χ2v) is 6.21. The SMILES string of the molecule is COc1ccccc1C(=O)NCC(CC(C)(C)C)C(=O)O. The molecule has 1 rings (SSSR count). The zero-order chi connectivity index (χ0) is 16.0. The van der Waals surface area contributed by atoms with E-state index >= 15 is 0 Å². The maximum Gasteiger partial charge on any atom is 0.308 e. The van der Waals surface area contributed by atoms with Crippen molar-refractivity contribution in [1.82, 2.24) is 5.32 Å². The van der Waals surface area contributed by atoms with Gasteiger partial charge in [0, 0.05) is 6.54 Å². The molecule has 1 aromatic carbocycles. The molecule has 0 aliphatic carbocycles. The third-order valence-corrected chi connectivity index (χ3v) is 3.07. The molecule has 5 heteroatoms. The van der Waals surface area contributed by atoms with Gasteiger partial charge in [0.25, 0.3) is 5.91 Å². The summed E-state index contributed by atoms with van der Waals surface area (Å²) >= 11 is 0. The van der Waals surface area contributed by atoms with Gasteiger partial charge < -0.3 is 15.2 Å². The number of benzene rings is 1. The Kier molecular flexibility index (Phi) is 5.76. The van der Waals surface area contributed by atoms with Crippen LogP contribution in [0.2, 0.25) is 0 Å². The van der Waals surface area contributed by atoms with E-state index in [1.165, 1.54) is 7.11 Å². The standard InChI is InChI=1S/C16H23NO4/c1-16(2,3)9-11(15(19)20)10-17-14(18)12-7-5-6-8-13(12)21-4/h5-8,11H,9-10H2,1-4H3,(H,17,18)(H,19,20). The van der Waals surface area contributed by atoms with Crippen LogP contribution < -0.4 is 10.1 Å². The first-order chi connectivity index (χ1) is 9.74. The predicted octanol–water partition coefficient (Wildman–Crippen LogP) is 2.56. The summed E-state index contributed by atoms with van der Waals surface area (Å²) in [4.78, 5) is 23.4. The number of ether oxygens (including phenoxy) is 1. The van der Waals surface area contributed by atoms with Crippen molar-refractivity contribution in [3.05, 3.63) is 29.8 Å². The molecule has 0 radical (unpaired) electrons. The number of aliphatic carboxylic acids is 1. The van der Waals surface area contributed by atoms with Gasteiger partial charge in [0.05, 0.1) is 18.6 Å². The van der Waals surface area contributed by atoms with Gasteiger partial charge in [-0.25, -0.2) is 0 Å². The molecule has 1 amide bonds. The Bertz CT molecular complexity index is 505. The van der Waals surface area contributed by atoms with Crippen LogP contribution in [0.15, 0.2) is 24.3 Å². The van der Waals surface area contributed by atoms with E-state index in [1.54, 1.807) is 24.3 Å². The number of carboxylic acids is 1. The van der Waals surface area contributed by atoms with Crippen LogP contribution in [0.1, 0.15) is 37.6 Å². The molecular formula is C16H23NO4. The molecule has 0 saturated carbocycles. The number of hydrogen-bond donors (Lipinski definition) is 2. The van der Waals surface area contributed by atoms with Crippen LogP contribution in [0.3, 0.4) is 0 Å². The predicted molar refractivity (Wildman–Crippen MR) is 80.5 cm³/mol. The van der Waals surface area contributed by atoms with Crippen LogP contribution in [0.25, 0.3) is 0 Å². The van der Waals surface area contributed by atoms with Crippen molar-refractivity contribution in [3.63, 3.8) is 0 Å². The molecule has 0 spiro atoms. The molecular weight excluding hydrogens is 270 g/mol. The van der Waals surface area contributed by atoms with Gasteiger partial charge in [-0.15, -0.1) is 0 Å². The number of carbonyl (C=O) groups excluding carboxylic acids is 1. The Morgan fingerprint density at radius 2 is 1.90 bits per heavy atom. The van der Waals surface area contributed by atoms with E-state index in [0.717, 1.165) is 0 Å². The summed E-state index contributed by atoms with van der Waals surface area (Å²) in [7, 11) is 1.49. The fourth-order valence-corrected chi connectivity index (χ4v) is 2.13. The van der Waals surface area contributed by atoms with E-state index in [-0.39, 0.29) is 17.9 Å². The number of methoxy groups -OCH3 is 1. The van der Waals surface area contributed by atoms with Crippen LogP contribution in [-0.2, 0) is 4.79 Å². The third kappa shape index (κ3) is 5.45. The average molecular weight is 293 g/mol. The van der Waals surface area contributed by atoms with E-state index in [1.807, 2.05) is 20.8 Å². The molecule has 116 valence electrons. The lowest BCUT2D eigenvalue weighted by Crippen LogP contribution is -2.35. The van der Waals surface area contributed by atoms with E-state index < -0.39 is 11.9 Å². The van der Waals surface area contributed by atoms with E-state index in [2.05, 4.69) is 5.32 Å². The largest absolute Gasteiger partial charge is 0.496 e. The first-order valence-corrected chi connectivity index (χ1v) is 6.88. The number of hydrogen-bond acceptors (Lipinski definition) is 3. The lowest BCUT2D eigenvalue weighted by molar-refractivity contribution is -0.142. The summed E-state index contributed by atoms with van der Waals surface area (Å²) in [5, 5.41) is 11.9. The minimum atomic E-state index is -0.898.